The van der Waals surface area contributed by atoms with Crippen LogP contribution in [0.4, 0.5) is 13.2 Å². The number of pyridine rings is 1. The van der Waals surface area contributed by atoms with E-state index in [0.29, 0.717) is 18.1 Å². The lowest BCUT2D eigenvalue weighted by molar-refractivity contribution is -0.154. The average molecular weight is 288 g/mol. The van der Waals surface area contributed by atoms with Crippen LogP contribution in [0.2, 0.25) is 0 Å². The molecule has 0 fully saturated rings. The third-order valence-corrected chi connectivity index (χ3v) is 2.57. The zero-order valence-corrected chi connectivity index (χ0v) is 10.7. The molecular formula is C12H15F3N4O. The van der Waals surface area contributed by atoms with Crippen LogP contribution in [0.25, 0.3) is 0 Å². The van der Waals surface area contributed by atoms with Crippen molar-refractivity contribution in [2.75, 3.05) is 19.7 Å². The van der Waals surface area contributed by atoms with Gasteiger partial charge in [-0.2, -0.15) is 13.2 Å². The minimum Gasteiger partial charge on any atom is -0.468 e. The molecule has 0 atom stereocenters. The first-order valence-electron chi connectivity index (χ1n) is 6.20. The number of nitrogens with one attached hydrogen (secondary N) is 2. The van der Waals surface area contributed by atoms with Crippen molar-refractivity contribution < 1.29 is 17.9 Å². The molecule has 0 aromatic carbocycles. The molecule has 1 aliphatic rings. The van der Waals surface area contributed by atoms with Crippen LogP contribution in [0.3, 0.4) is 0 Å². The van der Waals surface area contributed by atoms with Crippen LogP contribution in [0.5, 0.6) is 5.88 Å². The summed E-state index contributed by atoms with van der Waals surface area (Å²) in [5.74, 6) is 0.621. The summed E-state index contributed by atoms with van der Waals surface area (Å²) < 4.78 is 41.2. The second-order valence-electron chi connectivity index (χ2n) is 4.24. The first-order valence-corrected chi connectivity index (χ1v) is 6.20. The molecule has 1 aliphatic heterocycles. The molecule has 0 amide bonds. The van der Waals surface area contributed by atoms with E-state index < -0.39 is 12.8 Å². The Morgan fingerprint density at radius 2 is 2.25 bits per heavy atom. The van der Waals surface area contributed by atoms with E-state index in [9.17, 15) is 13.2 Å². The molecule has 2 rings (SSSR count). The lowest BCUT2D eigenvalue weighted by atomic mass is 10.2. The van der Waals surface area contributed by atoms with Gasteiger partial charge in [0.25, 0.3) is 0 Å². The van der Waals surface area contributed by atoms with Crippen LogP contribution in [0, 0.1) is 0 Å². The predicted octanol–water partition coefficient (Wildman–Crippen LogP) is 1.46. The number of guanidine groups is 1. The van der Waals surface area contributed by atoms with Crippen LogP contribution in [-0.4, -0.2) is 36.8 Å². The maximum Gasteiger partial charge on any atom is 0.422 e. The zero-order chi connectivity index (χ0) is 14.4. The van der Waals surface area contributed by atoms with Gasteiger partial charge in [0.1, 0.15) is 0 Å². The Bertz CT molecular complexity index is 476. The topological polar surface area (TPSA) is 58.5 Å². The van der Waals surface area contributed by atoms with E-state index in [-0.39, 0.29) is 5.88 Å². The lowest BCUT2D eigenvalue weighted by Crippen LogP contribution is -2.40. The molecule has 0 unspecified atom stereocenters. The number of halogens is 3. The van der Waals surface area contributed by atoms with Crippen LogP contribution in [0.15, 0.2) is 23.3 Å². The highest BCUT2D eigenvalue weighted by Gasteiger charge is 2.29. The molecule has 0 saturated heterocycles. The minimum absolute atomic E-state index is 0.0197. The Hall–Kier alpha value is -1.99. The summed E-state index contributed by atoms with van der Waals surface area (Å²) in [5.41, 5.74) is 0.548. The maximum absolute atomic E-state index is 12.2. The highest BCUT2D eigenvalue weighted by Crippen LogP contribution is 2.19. The van der Waals surface area contributed by atoms with Gasteiger partial charge >= 0.3 is 6.18 Å². The third kappa shape index (κ3) is 4.60. The number of ether oxygens (including phenoxy) is 1. The summed E-state index contributed by atoms with van der Waals surface area (Å²) in [4.78, 5) is 8.04. The molecule has 0 bridgehead atoms. The fraction of sp³-hybridized carbons (Fsp3) is 0.500. The van der Waals surface area contributed by atoms with Gasteiger partial charge < -0.3 is 15.4 Å². The third-order valence-electron chi connectivity index (χ3n) is 2.57. The summed E-state index contributed by atoms with van der Waals surface area (Å²) in [6.45, 7) is 0.513. The van der Waals surface area contributed by atoms with Gasteiger partial charge in [-0.3, -0.25) is 4.99 Å². The summed E-state index contributed by atoms with van der Waals surface area (Å²) in [7, 11) is 0. The number of hydrogen-bond donors (Lipinski definition) is 2. The fourth-order valence-electron chi connectivity index (χ4n) is 1.67. The Labute approximate surface area is 114 Å². The van der Waals surface area contributed by atoms with Gasteiger partial charge in [-0.1, -0.05) is 6.07 Å². The van der Waals surface area contributed by atoms with Crippen molar-refractivity contribution in [2.45, 2.75) is 19.1 Å². The Morgan fingerprint density at radius 3 is 2.95 bits per heavy atom. The van der Waals surface area contributed by atoms with Crippen molar-refractivity contribution in [3.05, 3.63) is 23.9 Å². The summed E-state index contributed by atoms with van der Waals surface area (Å²) in [5, 5.41) is 6.08. The van der Waals surface area contributed by atoms with Crippen LogP contribution in [-0.2, 0) is 6.54 Å². The van der Waals surface area contributed by atoms with Crippen LogP contribution >= 0.6 is 0 Å². The number of nitrogens with zero attached hydrogens (tertiary/aromatic N) is 2. The molecule has 110 valence electrons. The molecule has 1 aromatic heterocycles. The first-order chi connectivity index (χ1) is 9.54. The van der Waals surface area contributed by atoms with E-state index in [0.717, 1.165) is 19.5 Å². The Balaban J connectivity index is 1.95. The van der Waals surface area contributed by atoms with E-state index in [1.807, 2.05) is 0 Å². The van der Waals surface area contributed by atoms with Crippen LogP contribution < -0.4 is 15.4 Å². The molecule has 20 heavy (non-hydrogen) atoms. The quantitative estimate of drug-likeness (QED) is 0.880. The fourth-order valence-corrected chi connectivity index (χ4v) is 1.67. The highest BCUT2D eigenvalue weighted by atomic mass is 19.4. The molecule has 0 spiro atoms. The summed E-state index contributed by atoms with van der Waals surface area (Å²) in [6, 6.07) is 3.31. The van der Waals surface area contributed by atoms with E-state index >= 15 is 0 Å². The summed E-state index contributed by atoms with van der Waals surface area (Å²) in [6.07, 6.45) is -2.01. The summed E-state index contributed by atoms with van der Waals surface area (Å²) >= 11 is 0. The predicted molar refractivity (Wildman–Crippen MR) is 67.5 cm³/mol. The first kappa shape index (κ1) is 14.4. The van der Waals surface area contributed by atoms with E-state index in [1.54, 1.807) is 12.1 Å². The van der Waals surface area contributed by atoms with Crippen molar-refractivity contribution in [1.82, 2.24) is 15.6 Å². The van der Waals surface area contributed by atoms with Gasteiger partial charge in [-0.05, 0) is 12.5 Å². The number of rotatable bonds is 4. The largest absolute Gasteiger partial charge is 0.468 e. The number of alkyl halides is 3. The Kier molecular flexibility index (Phi) is 4.65. The average Bonchev–Trinajstić information content (AvgIpc) is 2.44. The van der Waals surface area contributed by atoms with Crippen molar-refractivity contribution in [1.29, 1.82) is 0 Å². The Morgan fingerprint density at radius 1 is 1.40 bits per heavy atom. The molecule has 1 aromatic rings. The smallest absolute Gasteiger partial charge is 0.422 e. The van der Waals surface area contributed by atoms with E-state index in [4.69, 9.17) is 4.74 Å². The van der Waals surface area contributed by atoms with Gasteiger partial charge in [-0.15, -0.1) is 0 Å². The highest BCUT2D eigenvalue weighted by molar-refractivity contribution is 5.80. The van der Waals surface area contributed by atoms with Gasteiger partial charge in [0, 0.05) is 31.4 Å². The molecule has 0 radical (unpaired) electrons. The second kappa shape index (κ2) is 6.44. The van der Waals surface area contributed by atoms with E-state index in [1.165, 1.54) is 6.20 Å². The van der Waals surface area contributed by atoms with Gasteiger partial charge in [0.2, 0.25) is 5.88 Å². The molecular weight excluding hydrogens is 273 g/mol. The normalized spacial score (nSPS) is 15.2. The van der Waals surface area contributed by atoms with Crippen LogP contribution in [0.1, 0.15) is 12.0 Å². The van der Waals surface area contributed by atoms with Crippen molar-refractivity contribution in [3.8, 4) is 5.88 Å². The van der Waals surface area contributed by atoms with Gasteiger partial charge in [0.05, 0.1) is 0 Å². The SMILES string of the molecule is FC(F)(F)COc1ncccc1CNC1=NCCCN1. The second-order valence-corrected chi connectivity index (χ2v) is 4.24. The maximum atomic E-state index is 12.2. The molecule has 5 nitrogen and oxygen atoms in total. The van der Waals surface area contributed by atoms with E-state index in [2.05, 4.69) is 20.6 Å². The molecule has 0 aliphatic carbocycles. The zero-order valence-electron chi connectivity index (χ0n) is 10.7. The van der Waals surface area contributed by atoms with Gasteiger partial charge in [-0.25, -0.2) is 4.98 Å². The lowest BCUT2D eigenvalue weighted by Gasteiger charge is -2.17. The molecule has 0 saturated carbocycles. The minimum atomic E-state index is -4.38. The molecule has 2 N–H and O–H groups in total. The number of aromatic nitrogens is 1. The van der Waals surface area contributed by atoms with Gasteiger partial charge in [0.15, 0.2) is 12.6 Å². The molecule has 2 heterocycles. The number of aliphatic imine (C=N–C) groups is 1. The van der Waals surface area contributed by atoms with Crippen molar-refractivity contribution in [3.63, 3.8) is 0 Å². The van der Waals surface area contributed by atoms with Crippen molar-refractivity contribution >= 4 is 5.96 Å². The monoisotopic (exact) mass is 288 g/mol. The standard InChI is InChI=1S/C12H15F3N4O/c13-12(14,15)8-20-10-9(3-1-4-16-10)7-19-11-17-5-2-6-18-11/h1,3-4H,2,5-8H2,(H2,17,18,19). The number of hydrogen-bond acceptors (Lipinski definition) is 5. The van der Waals surface area contributed by atoms with Crippen molar-refractivity contribution in [2.24, 2.45) is 4.99 Å². The molecule has 8 heteroatoms.